The van der Waals surface area contributed by atoms with Gasteiger partial charge in [-0.3, -0.25) is 13.9 Å². The van der Waals surface area contributed by atoms with Crippen molar-refractivity contribution in [1.82, 2.24) is 19.5 Å². The van der Waals surface area contributed by atoms with Gasteiger partial charge in [0.2, 0.25) is 0 Å². The monoisotopic (exact) mass is 473 g/mol. The third kappa shape index (κ3) is 6.07. The number of nitrogens with zero attached hydrogens (tertiary/aromatic N) is 3. The zero-order chi connectivity index (χ0) is 23.5. The van der Waals surface area contributed by atoms with Crippen LogP contribution in [0.3, 0.4) is 0 Å². The minimum atomic E-state index is -4.96. The normalized spacial score (nSPS) is 15.0. The summed E-state index contributed by atoms with van der Waals surface area (Å²) in [6.07, 6.45) is -4.89. The van der Waals surface area contributed by atoms with Crippen LogP contribution in [-0.4, -0.2) is 62.2 Å². The molecule has 1 aromatic carbocycles. The summed E-state index contributed by atoms with van der Waals surface area (Å²) in [5.74, 6) is -0.844. The Balaban J connectivity index is 1.87. The van der Waals surface area contributed by atoms with Gasteiger partial charge in [-0.15, -0.1) is 13.2 Å². The predicted molar refractivity (Wildman–Crippen MR) is 103 cm³/mol. The van der Waals surface area contributed by atoms with Gasteiger partial charge in [0.1, 0.15) is 11.5 Å². The number of pyridine rings is 1. The molecular formula is C18H16F3N4O6S-. The topological polar surface area (TPSA) is 124 Å². The lowest BCUT2D eigenvalue weighted by molar-refractivity contribution is -0.274. The van der Waals surface area contributed by atoms with E-state index in [1.54, 1.807) is 22.9 Å². The first-order chi connectivity index (χ1) is 15.0. The maximum absolute atomic E-state index is 12.6. The third-order valence-corrected chi connectivity index (χ3v) is 4.66. The molecule has 0 saturated carbocycles. The van der Waals surface area contributed by atoms with E-state index < -0.39 is 29.5 Å². The molecule has 0 spiro atoms. The maximum Gasteiger partial charge on any atom is 0.573 e. The van der Waals surface area contributed by atoms with Crippen molar-refractivity contribution in [3.05, 3.63) is 42.1 Å². The van der Waals surface area contributed by atoms with E-state index in [4.69, 9.17) is 4.74 Å². The van der Waals surface area contributed by atoms with E-state index in [0.717, 1.165) is 18.2 Å². The minimum Gasteiger partial charge on any atom is -0.755 e. The smallest absolute Gasteiger partial charge is 0.573 e. The van der Waals surface area contributed by atoms with Crippen LogP contribution < -0.4 is 14.2 Å². The summed E-state index contributed by atoms with van der Waals surface area (Å²) >= 11 is -2.95. The van der Waals surface area contributed by atoms with E-state index in [1.165, 1.54) is 17.0 Å². The van der Waals surface area contributed by atoms with Crippen molar-refractivity contribution in [2.45, 2.75) is 12.9 Å². The molecule has 0 radical (unpaired) electrons. The summed E-state index contributed by atoms with van der Waals surface area (Å²) in [7, 11) is 1.68. The van der Waals surface area contributed by atoms with Gasteiger partial charge < -0.3 is 23.8 Å². The van der Waals surface area contributed by atoms with Gasteiger partial charge in [0.05, 0.1) is 5.69 Å². The van der Waals surface area contributed by atoms with E-state index in [2.05, 4.69) is 9.72 Å². The van der Waals surface area contributed by atoms with Gasteiger partial charge in [-0.25, -0.2) is 9.59 Å². The minimum absolute atomic E-state index is 0.0536. The molecule has 1 N–H and O–H groups in total. The number of benzene rings is 1. The van der Waals surface area contributed by atoms with Crippen molar-refractivity contribution in [3.8, 4) is 22.8 Å². The fourth-order valence-corrected chi connectivity index (χ4v) is 3.11. The molecule has 0 bridgehead atoms. The van der Waals surface area contributed by atoms with Crippen LogP contribution in [0.2, 0.25) is 0 Å². The van der Waals surface area contributed by atoms with Gasteiger partial charge >= 0.3 is 18.5 Å². The molecule has 172 valence electrons. The quantitative estimate of drug-likeness (QED) is 0.639. The van der Waals surface area contributed by atoms with Gasteiger partial charge in [0.15, 0.2) is 0 Å². The molecule has 32 heavy (non-hydrogen) atoms. The first kappa shape index (κ1) is 23.3. The summed E-state index contributed by atoms with van der Waals surface area (Å²) in [6, 6.07) is 5.80. The first-order valence-electron chi connectivity index (χ1n) is 8.95. The number of aromatic nitrogens is 1. The highest BCUT2D eigenvalue weighted by molar-refractivity contribution is 7.77. The van der Waals surface area contributed by atoms with Gasteiger partial charge in [0, 0.05) is 49.7 Å². The molecule has 1 saturated heterocycles. The van der Waals surface area contributed by atoms with E-state index >= 15 is 0 Å². The molecule has 10 nitrogen and oxygen atoms in total. The Morgan fingerprint density at radius 3 is 2.59 bits per heavy atom. The van der Waals surface area contributed by atoms with E-state index in [1.807, 2.05) is 0 Å². The number of urea groups is 1. The first-order valence-corrected chi connectivity index (χ1v) is 10.0. The van der Waals surface area contributed by atoms with Crippen LogP contribution >= 0.6 is 0 Å². The van der Waals surface area contributed by atoms with Gasteiger partial charge in [-0.2, -0.15) is 0 Å². The summed E-state index contributed by atoms with van der Waals surface area (Å²) in [5, 5.41) is 0. The van der Waals surface area contributed by atoms with Crippen LogP contribution in [0, 0.1) is 0 Å². The third-order valence-electron chi connectivity index (χ3n) is 4.33. The number of amides is 3. The van der Waals surface area contributed by atoms with E-state index in [9.17, 15) is 31.5 Å². The Labute approximate surface area is 182 Å². The Bertz CT molecular complexity index is 1030. The second kappa shape index (κ2) is 9.40. The Hall–Kier alpha value is -3.39. The van der Waals surface area contributed by atoms with Crippen molar-refractivity contribution in [3.63, 3.8) is 0 Å². The number of likely N-dealkylation sites (N-methyl/N-ethyl adjacent to an activating group) is 1. The number of nitrogens with one attached hydrogen (secondary N) is 1. The Kier molecular flexibility index (Phi) is 6.84. The van der Waals surface area contributed by atoms with Gasteiger partial charge in [0.25, 0.3) is 0 Å². The van der Waals surface area contributed by atoms with Crippen molar-refractivity contribution >= 4 is 23.4 Å². The summed E-state index contributed by atoms with van der Waals surface area (Å²) in [5.41, 5.74) is 0.737. The van der Waals surface area contributed by atoms with Crippen molar-refractivity contribution in [2.24, 2.45) is 0 Å². The molecular weight excluding hydrogens is 457 g/mol. The van der Waals surface area contributed by atoms with Gasteiger partial charge in [-0.05, 0) is 29.8 Å². The molecule has 14 heteroatoms. The lowest BCUT2D eigenvalue weighted by atomic mass is 10.1. The number of ether oxygens (including phenoxy) is 2. The van der Waals surface area contributed by atoms with Crippen molar-refractivity contribution in [1.29, 1.82) is 0 Å². The highest BCUT2D eigenvalue weighted by Gasteiger charge is 2.31. The van der Waals surface area contributed by atoms with Crippen molar-refractivity contribution in [2.75, 3.05) is 20.1 Å². The molecule has 1 aromatic heterocycles. The lowest BCUT2D eigenvalue weighted by Crippen LogP contribution is -2.29. The number of hydrogen-bond donors (Lipinski definition) is 1. The van der Waals surface area contributed by atoms with Crippen LogP contribution in [0.5, 0.6) is 11.5 Å². The number of rotatable bonds is 6. The van der Waals surface area contributed by atoms with Crippen LogP contribution in [0.15, 0.2) is 36.5 Å². The number of halogens is 3. The van der Waals surface area contributed by atoms with Crippen LogP contribution in [0.4, 0.5) is 22.8 Å². The summed E-state index contributed by atoms with van der Waals surface area (Å²) in [4.78, 5) is 31.0. The largest absolute Gasteiger partial charge is 0.755 e. The molecule has 1 unspecified atom stereocenters. The molecule has 1 atom stereocenters. The zero-order valence-corrected chi connectivity index (χ0v) is 17.2. The fraction of sp³-hybridized carbons (Fsp3) is 0.278. The highest BCUT2D eigenvalue weighted by atomic mass is 32.2. The number of carbonyl (C=O) groups excluding carboxylic acids is 2. The number of alkyl halides is 3. The molecule has 0 aliphatic carbocycles. The standard InChI is InChI=1S/C18H17F3N4O6S/c1-24-6-7-25(17(24)27)10-11-2-4-14(22-9-11)13-8-12(31-18(19,20)21)3-5-15(13)30-16(26)23-32(28)29/h2-5,8-9H,6-7,10H2,1H3,(H,23,26)(H,28,29)/p-1. The average Bonchev–Trinajstić information content (AvgIpc) is 3.00. The summed E-state index contributed by atoms with van der Waals surface area (Å²) in [6.45, 7) is 1.42. The van der Waals surface area contributed by atoms with Crippen LogP contribution in [0.25, 0.3) is 11.3 Å². The summed E-state index contributed by atoms with van der Waals surface area (Å²) < 4.78 is 69.2. The Morgan fingerprint density at radius 2 is 2.03 bits per heavy atom. The van der Waals surface area contributed by atoms with E-state index in [0.29, 0.717) is 18.7 Å². The molecule has 3 rings (SSSR count). The lowest BCUT2D eigenvalue weighted by Gasteiger charge is -2.16. The van der Waals surface area contributed by atoms with E-state index in [-0.39, 0.29) is 29.6 Å². The molecule has 1 aliphatic heterocycles. The second-order valence-electron chi connectivity index (χ2n) is 6.61. The van der Waals surface area contributed by atoms with Crippen LogP contribution in [-0.2, 0) is 17.8 Å². The average molecular weight is 473 g/mol. The molecule has 2 aromatic rings. The SMILES string of the molecule is CN1CCN(Cc2ccc(-c3cc(OC(F)(F)F)ccc3OC(=O)NS(=O)[O-])nc2)C1=O. The van der Waals surface area contributed by atoms with Crippen LogP contribution in [0.1, 0.15) is 5.56 Å². The van der Waals surface area contributed by atoms with Crippen molar-refractivity contribution < 1.29 is 41.0 Å². The molecule has 3 amide bonds. The zero-order valence-electron chi connectivity index (χ0n) is 16.4. The number of carbonyl (C=O) groups is 2. The molecule has 1 fully saturated rings. The Morgan fingerprint density at radius 1 is 1.28 bits per heavy atom. The maximum atomic E-state index is 12.6. The molecule has 1 aliphatic rings. The highest BCUT2D eigenvalue weighted by Crippen LogP contribution is 2.34. The predicted octanol–water partition coefficient (Wildman–Crippen LogP) is 2.40. The molecule has 2 heterocycles. The second-order valence-corrected chi connectivity index (χ2v) is 7.28. The van der Waals surface area contributed by atoms with Gasteiger partial charge in [-0.1, -0.05) is 6.07 Å². The number of hydrogen-bond acceptors (Lipinski definition) is 7. The fourth-order valence-electron chi connectivity index (χ4n) is 2.93.